The molecule has 27 heavy (non-hydrogen) atoms. The number of aryl methyl sites for hydroxylation is 1. The molecule has 2 aromatic rings. The van der Waals surface area contributed by atoms with E-state index in [9.17, 15) is 18.0 Å². The molecule has 1 N–H and O–H groups in total. The van der Waals surface area contributed by atoms with E-state index >= 15 is 0 Å². The van der Waals surface area contributed by atoms with Crippen molar-refractivity contribution in [3.63, 3.8) is 0 Å². The largest absolute Gasteiger partial charge is 0.326 e. The van der Waals surface area contributed by atoms with E-state index in [0.29, 0.717) is 16.9 Å². The number of nitrogens with zero attached hydrogens (tertiary/aromatic N) is 1. The van der Waals surface area contributed by atoms with Crippen LogP contribution in [-0.4, -0.2) is 32.9 Å². The Hall–Kier alpha value is -2.67. The van der Waals surface area contributed by atoms with Crippen LogP contribution < -0.4 is 9.62 Å². The maximum absolute atomic E-state index is 12.2. The zero-order valence-corrected chi connectivity index (χ0v) is 16.8. The SMILES string of the molecule is CC(=O)c1ccc(NC(=O)CCN(c2cccc(C)c2C)S(C)(=O)=O)cc1. The Morgan fingerprint density at radius 1 is 1.04 bits per heavy atom. The number of benzene rings is 2. The lowest BCUT2D eigenvalue weighted by Crippen LogP contribution is -2.33. The maximum Gasteiger partial charge on any atom is 0.232 e. The minimum atomic E-state index is -3.53. The third-order valence-corrected chi connectivity index (χ3v) is 5.54. The zero-order valence-electron chi connectivity index (χ0n) is 15.9. The third kappa shape index (κ3) is 5.40. The monoisotopic (exact) mass is 388 g/mol. The molecule has 0 atom stereocenters. The van der Waals surface area contributed by atoms with Crippen LogP contribution in [0.5, 0.6) is 0 Å². The van der Waals surface area contributed by atoms with E-state index in [1.165, 1.54) is 11.2 Å². The van der Waals surface area contributed by atoms with E-state index in [-0.39, 0.29) is 24.7 Å². The third-order valence-electron chi connectivity index (χ3n) is 4.36. The van der Waals surface area contributed by atoms with Crippen molar-refractivity contribution < 1.29 is 18.0 Å². The highest BCUT2D eigenvalue weighted by Crippen LogP contribution is 2.25. The second kappa shape index (κ2) is 8.35. The summed E-state index contributed by atoms with van der Waals surface area (Å²) in [5, 5.41) is 2.72. The molecule has 0 spiro atoms. The number of ketones is 1. The highest BCUT2D eigenvalue weighted by molar-refractivity contribution is 7.92. The van der Waals surface area contributed by atoms with Gasteiger partial charge in [0.05, 0.1) is 11.9 Å². The number of hydrogen-bond acceptors (Lipinski definition) is 4. The number of Topliss-reactive ketones (excluding diaryl/α,β-unsaturated/α-hetero) is 1. The van der Waals surface area contributed by atoms with Crippen molar-refractivity contribution in [1.82, 2.24) is 0 Å². The van der Waals surface area contributed by atoms with Gasteiger partial charge in [0.15, 0.2) is 5.78 Å². The lowest BCUT2D eigenvalue weighted by molar-refractivity contribution is -0.116. The van der Waals surface area contributed by atoms with Crippen molar-refractivity contribution in [3.05, 3.63) is 59.2 Å². The molecule has 0 bridgehead atoms. The predicted molar refractivity (Wildman–Crippen MR) is 108 cm³/mol. The van der Waals surface area contributed by atoms with Crippen molar-refractivity contribution in [2.45, 2.75) is 27.2 Å². The summed E-state index contributed by atoms with van der Waals surface area (Å²) in [5.74, 6) is -0.352. The van der Waals surface area contributed by atoms with Crippen LogP contribution in [0.15, 0.2) is 42.5 Å². The molecule has 0 aromatic heterocycles. The van der Waals surface area contributed by atoms with Crippen molar-refractivity contribution in [3.8, 4) is 0 Å². The summed E-state index contributed by atoms with van der Waals surface area (Å²) < 4.78 is 25.7. The Morgan fingerprint density at radius 3 is 2.22 bits per heavy atom. The lowest BCUT2D eigenvalue weighted by Gasteiger charge is -2.24. The van der Waals surface area contributed by atoms with Crippen LogP contribution in [0.1, 0.15) is 34.8 Å². The molecule has 0 saturated carbocycles. The van der Waals surface area contributed by atoms with E-state index in [4.69, 9.17) is 0 Å². The molecule has 2 aromatic carbocycles. The molecule has 0 aliphatic carbocycles. The van der Waals surface area contributed by atoms with Crippen LogP contribution in [0, 0.1) is 13.8 Å². The zero-order chi connectivity index (χ0) is 20.2. The Bertz CT molecular complexity index is 950. The second-order valence-corrected chi connectivity index (χ2v) is 8.39. The first-order valence-corrected chi connectivity index (χ1v) is 10.4. The molecule has 6 nitrogen and oxygen atoms in total. The van der Waals surface area contributed by atoms with Crippen molar-refractivity contribution in [1.29, 1.82) is 0 Å². The van der Waals surface area contributed by atoms with Crippen LogP contribution >= 0.6 is 0 Å². The molecule has 1 amide bonds. The average Bonchev–Trinajstić information content (AvgIpc) is 2.58. The highest BCUT2D eigenvalue weighted by Gasteiger charge is 2.20. The molecule has 0 unspecified atom stereocenters. The van der Waals surface area contributed by atoms with Crippen molar-refractivity contribution in [2.75, 3.05) is 22.4 Å². The minimum Gasteiger partial charge on any atom is -0.326 e. The Kier molecular flexibility index (Phi) is 6.38. The number of carbonyl (C=O) groups is 2. The van der Waals surface area contributed by atoms with Crippen LogP contribution in [0.25, 0.3) is 0 Å². The molecule has 0 saturated heterocycles. The molecule has 0 aliphatic rings. The molecule has 7 heteroatoms. The van der Waals surface area contributed by atoms with Gasteiger partial charge in [-0.15, -0.1) is 0 Å². The van der Waals surface area contributed by atoms with Gasteiger partial charge >= 0.3 is 0 Å². The van der Waals surface area contributed by atoms with Crippen LogP contribution in [0.4, 0.5) is 11.4 Å². The van der Waals surface area contributed by atoms with E-state index in [1.54, 1.807) is 36.4 Å². The van der Waals surface area contributed by atoms with Crippen molar-refractivity contribution in [2.24, 2.45) is 0 Å². The summed E-state index contributed by atoms with van der Waals surface area (Å²) in [6.45, 7) is 5.29. The highest BCUT2D eigenvalue weighted by atomic mass is 32.2. The second-order valence-electron chi connectivity index (χ2n) is 6.49. The first-order valence-electron chi connectivity index (χ1n) is 8.54. The molecule has 0 aliphatic heterocycles. The molecule has 144 valence electrons. The maximum atomic E-state index is 12.2. The summed E-state index contributed by atoms with van der Waals surface area (Å²) in [4.78, 5) is 23.5. The van der Waals surface area contributed by atoms with Crippen LogP contribution in [-0.2, 0) is 14.8 Å². The van der Waals surface area contributed by atoms with Gasteiger partial charge in [0, 0.05) is 24.2 Å². The quantitative estimate of drug-likeness (QED) is 0.738. The fraction of sp³-hybridized carbons (Fsp3) is 0.300. The van der Waals surface area contributed by atoms with Crippen LogP contribution in [0.2, 0.25) is 0 Å². The first kappa shape index (κ1) is 20.6. The van der Waals surface area contributed by atoms with E-state index in [1.807, 2.05) is 19.9 Å². The summed E-state index contributed by atoms with van der Waals surface area (Å²) in [6, 6.07) is 12.0. The molecule has 2 rings (SSSR count). The van der Waals surface area contributed by atoms with Gasteiger partial charge in [-0.2, -0.15) is 0 Å². The number of hydrogen-bond donors (Lipinski definition) is 1. The van der Waals surface area contributed by atoms with Crippen molar-refractivity contribution >= 4 is 33.1 Å². The Labute approximate surface area is 160 Å². The summed E-state index contributed by atoms with van der Waals surface area (Å²) >= 11 is 0. The number of rotatable bonds is 7. The lowest BCUT2D eigenvalue weighted by atomic mass is 10.1. The molecule has 0 heterocycles. The first-order chi connectivity index (χ1) is 12.6. The van der Waals surface area contributed by atoms with Gasteiger partial charge in [-0.05, 0) is 62.2 Å². The van der Waals surface area contributed by atoms with Gasteiger partial charge in [-0.25, -0.2) is 8.42 Å². The summed E-state index contributed by atoms with van der Waals surface area (Å²) in [5.41, 5.74) is 3.55. The fourth-order valence-electron chi connectivity index (χ4n) is 2.69. The minimum absolute atomic E-state index is 0.00884. The van der Waals surface area contributed by atoms with Gasteiger partial charge in [-0.3, -0.25) is 13.9 Å². The number of carbonyl (C=O) groups excluding carboxylic acids is 2. The summed E-state index contributed by atoms with van der Waals surface area (Å²) in [7, 11) is -3.53. The van der Waals surface area contributed by atoms with Gasteiger partial charge < -0.3 is 5.32 Å². The van der Waals surface area contributed by atoms with Gasteiger partial charge in [-0.1, -0.05) is 12.1 Å². The molecule has 0 fully saturated rings. The number of nitrogens with one attached hydrogen (secondary N) is 1. The average molecular weight is 388 g/mol. The van der Waals surface area contributed by atoms with E-state index in [0.717, 1.165) is 17.4 Å². The molecular formula is C20H24N2O4S. The number of sulfonamides is 1. The number of amides is 1. The normalized spacial score (nSPS) is 11.1. The number of anilines is 2. The molecular weight excluding hydrogens is 364 g/mol. The van der Waals surface area contributed by atoms with E-state index < -0.39 is 10.0 Å². The van der Waals surface area contributed by atoms with Crippen LogP contribution in [0.3, 0.4) is 0 Å². The van der Waals surface area contributed by atoms with E-state index in [2.05, 4.69) is 5.32 Å². The Balaban J connectivity index is 2.10. The van der Waals surface area contributed by atoms with Gasteiger partial charge in [0.2, 0.25) is 15.9 Å². The standard InChI is InChI=1S/C20H24N2O4S/c1-14-6-5-7-19(15(14)2)22(27(4,25)26)13-12-20(24)21-18-10-8-17(9-11-18)16(3)23/h5-11H,12-13H2,1-4H3,(H,21,24). The fourth-order valence-corrected chi connectivity index (χ4v) is 3.66. The summed E-state index contributed by atoms with van der Waals surface area (Å²) in [6.07, 6.45) is 1.14. The predicted octanol–water partition coefficient (Wildman–Crippen LogP) is 3.30. The molecule has 0 radical (unpaired) electrons. The smallest absolute Gasteiger partial charge is 0.232 e. The Morgan fingerprint density at radius 2 is 1.67 bits per heavy atom. The van der Waals surface area contributed by atoms with Gasteiger partial charge in [0.25, 0.3) is 0 Å². The topological polar surface area (TPSA) is 83.6 Å². The van der Waals surface area contributed by atoms with Gasteiger partial charge in [0.1, 0.15) is 0 Å².